The third kappa shape index (κ3) is 2.65. The molecule has 4 rings (SSSR count). The number of carbonyl (C=O) groups is 1. The first-order valence-electron chi connectivity index (χ1n) is 8.28. The lowest BCUT2D eigenvalue weighted by Gasteiger charge is -2.15. The molecule has 0 atom stereocenters. The van der Waals surface area contributed by atoms with Gasteiger partial charge in [0.05, 0.1) is 17.0 Å². The van der Waals surface area contributed by atoms with Crippen molar-refractivity contribution in [3.63, 3.8) is 0 Å². The molecule has 0 spiro atoms. The SMILES string of the molecule is CCn1nc(C2CC2)cc1CN1Cc2cccc(C(=O)O)c2C1. The van der Waals surface area contributed by atoms with Crippen LogP contribution in [-0.4, -0.2) is 25.8 Å². The van der Waals surface area contributed by atoms with Crippen LogP contribution >= 0.6 is 0 Å². The van der Waals surface area contributed by atoms with Gasteiger partial charge in [-0.15, -0.1) is 0 Å². The summed E-state index contributed by atoms with van der Waals surface area (Å²) in [5.74, 6) is -0.172. The van der Waals surface area contributed by atoms with Crippen molar-refractivity contribution in [1.82, 2.24) is 14.7 Å². The summed E-state index contributed by atoms with van der Waals surface area (Å²) < 4.78 is 2.09. The normalized spacial score (nSPS) is 17.4. The zero-order chi connectivity index (χ0) is 16.0. The highest BCUT2D eigenvalue weighted by Gasteiger charge is 2.29. The van der Waals surface area contributed by atoms with Crippen LogP contribution in [0.5, 0.6) is 0 Å². The van der Waals surface area contributed by atoms with Crippen LogP contribution in [0, 0.1) is 0 Å². The summed E-state index contributed by atoms with van der Waals surface area (Å²) in [7, 11) is 0. The second-order valence-electron chi connectivity index (χ2n) is 6.54. The van der Waals surface area contributed by atoms with E-state index in [1.54, 1.807) is 6.07 Å². The molecule has 0 saturated heterocycles. The van der Waals surface area contributed by atoms with Gasteiger partial charge in [-0.25, -0.2) is 4.79 Å². The predicted octanol–water partition coefficient (Wildman–Crippen LogP) is 2.99. The molecule has 1 aromatic heterocycles. The van der Waals surface area contributed by atoms with E-state index in [4.69, 9.17) is 5.10 Å². The van der Waals surface area contributed by atoms with Gasteiger partial charge in [-0.1, -0.05) is 12.1 Å². The van der Waals surface area contributed by atoms with E-state index in [1.807, 2.05) is 12.1 Å². The van der Waals surface area contributed by atoms with Crippen LogP contribution in [-0.2, 0) is 26.2 Å². The van der Waals surface area contributed by atoms with Crippen LogP contribution in [0.1, 0.15) is 58.6 Å². The van der Waals surface area contributed by atoms with Crippen molar-refractivity contribution >= 4 is 5.97 Å². The third-order valence-corrected chi connectivity index (χ3v) is 4.84. The number of aromatic nitrogens is 2. The zero-order valence-corrected chi connectivity index (χ0v) is 13.3. The van der Waals surface area contributed by atoms with Gasteiger partial charge in [0, 0.05) is 32.1 Å². The predicted molar refractivity (Wildman–Crippen MR) is 86.2 cm³/mol. The van der Waals surface area contributed by atoms with E-state index in [-0.39, 0.29) is 0 Å². The number of aryl methyl sites for hydroxylation is 1. The van der Waals surface area contributed by atoms with Gasteiger partial charge in [-0.3, -0.25) is 9.58 Å². The van der Waals surface area contributed by atoms with Crippen molar-refractivity contribution < 1.29 is 9.90 Å². The van der Waals surface area contributed by atoms with E-state index < -0.39 is 5.97 Å². The molecule has 1 saturated carbocycles. The van der Waals surface area contributed by atoms with Gasteiger partial charge in [0.15, 0.2) is 0 Å². The largest absolute Gasteiger partial charge is 0.478 e. The number of benzene rings is 1. The molecule has 1 fully saturated rings. The molecule has 5 heteroatoms. The second kappa shape index (κ2) is 5.49. The Morgan fingerprint density at radius 2 is 2.17 bits per heavy atom. The molecule has 1 aliphatic heterocycles. The first-order chi connectivity index (χ1) is 11.2. The van der Waals surface area contributed by atoms with Crippen LogP contribution in [0.3, 0.4) is 0 Å². The second-order valence-corrected chi connectivity index (χ2v) is 6.54. The summed E-state index contributed by atoms with van der Waals surface area (Å²) in [6.07, 6.45) is 2.52. The van der Waals surface area contributed by atoms with Crippen molar-refractivity contribution in [3.8, 4) is 0 Å². The van der Waals surface area contributed by atoms with E-state index in [1.165, 1.54) is 24.2 Å². The summed E-state index contributed by atoms with van der Waals surface area (Å²) in [4.78, 5) is 13.7. The van der Waals surface area contributed by atoms with Crippen LogP contribution in [0.25, 0.3) is 0 Å². The molecule has 0 bridgehead atoms. The molecule has 2 heterocycles. The molecule has 2 aromatic rings. The Hall–Kier alpha value is -2.14. The molecule has 1 aliphatic carbocycles. The molecule has 23 heavy (non-hydrogen) atoms. The van der Waals surface area contributed by atoms with Gasteiger partial charge in [-0.05, 0) is 43.0 Å². The minimum Gasteiger partial charge on any atom is -0.478 e. The number of hydrogen-bond acceptors (Lipinski definition) is 3. The highest BCUT2D eigenvalue weighted by atomic mass is 16.4. The van der Waals surface area contributed by atoms with E-state index in [9.17, 15) is 9.90 Å². The number of carboxylic acid groups (broad SMARTS) is 1. The molecule has 2 aliphatic rings. The fraction of sp³-hybridized carbons (Fsp3) is 0.444. The fourth-order valence-corrected chi connectivity index (χ4v) is 3.49. The Morgan fingerprint density at radius 1 is 1.35 bits per heavy atom. The van der Waals surface area contributed by atoms with Gasteiger partial charge in [0.25, 0.3) is 0 Å². The monoisotopic (exact) mass is 311 g/mol. The quantitative estimate of drug-likeness (QED) is 0.922. The maximum Gasteiger partial charge on any atom is 0.336 e. The van der Waals surface area contributed by atoms with Gasteiger partial charge < -0.3 is 5.11 Å². The van der Waals surface area contributed by atoms with Crippen LogP contribution < -0.4 is 0 Å². The lowest BCUT2D eigenvalue weighted by atomic mass is 10.0. The zero-order valence-electron chi connectivity index (χ0n) is 13.3. The molecule has 5 nitrogen and oxygen atoms in total. The van der Waals surface area contributed by atoms with Crippen LogP contribution in [0.4, 0.5) is 0 Å². The van der Waals surface area contributed by atoms with E-state index in [2.05, 4.69) is 22.6 Å². The van der Waals surface area contributed by atoms with Crippen molar-refractivity contribution in [2.24, 2.45) is 0 Å². The Labute approximate surface area is 135 Å². The molecule has 0 unspecified atom stereocenters. The number of fused-ring (bicyclic) bond motifs is 1. The Kier molecular flexibility index (Phi) is 3.45. The smallest absolute Gasteiger partial charge is 0.336 e. The maximum absolute atomic E-state index is 11.4. The number of carboxylic acids is 1. The highest BCUT2D eigenvalue weighted by molar-refractivity contribution is 5.90. The average Bonchev–Trinajstić information content (AvgIpc) is 3.18. The van der Waals surface area contributed by atoms with E-state index >= 15 is 0 Å². The Bertz CT molecular complexity index is 762. The van der Waals surface area contributed by atoms with Crippen molar-refractivity contribution in [2.75, 3.05) is 0 Å². The lowest BCUT2D eigenvalue weighted by molar-refractivity contribution is 0.0695. The average molecular weight is 311 g/mol. The third-order valence-electron chi connectivity index (χ3n) is 4.84. The van der Waals surface area contributed by atoms with Gasteiger partial charge >= 0.3 is 5.97 Å². The maximum atomic E-state index is 11.4. The van der Waals surface area contributed by atoms with Crippen LogP contribution in [0.15, 0.2) is 24.3 Å². The molecule has 1 N–H and O–H groups in total. The number of rotatable bonds is 5. The summed E-state index contributed by atoms with van der Waals surface area (Å²) in [6.45, 7) is 5.33. The molecule has 0 amide bonds. The molecule has 1 aromatic carbocycles. The van der Waals surface area contributed by atoms with Gasteiger partial charge in [-0.2, -0.15) is 5.10 Å². The van der Waals surface area contributed by atoms with Crippen LogP contribution in [0.2, 0.25) is 0 Å². The summed E-state index contributed by atoms with van der Waals surface area (Å²) in [5, 5.41) is 14.1. The van der Waals surface area contributed by atoms with E-state index in [0.717, 1.165) is 30.8 Å². The van der Waals surface area contributed by atoms with Crippen molar-refractivity contribution in [1.29, 1.82) is 0 Å². The number of aromatic carboxylic acids is 1. The van der Waals surface area contributed by atoms with Crippen molar-refractivity contribution in [2.45, 2.75) is 51.9 Å². The highest BCUT2D eigenvalue weighted by Crippen LogP contribution is 2.39. The summed E-state index contributed by atoms with van der Waals surface area (Å²) in [5.41, 5.74) is 5.00. The topological polar surface area (TPSA) is 58.4 Å². The Balaban J connectivity index is 1.55. The summed E-state index contributed by atoms with van der Waals surface area (Å²) in [6, 6.07) is 7.82. The minimum absolute atomic E-state index is 0.438. The lowest BCUT2D eigenvalue weighted by Crippen LogP contribution is -2.18. The molecular formula is C18H21N3O2. The minimum atomic E-state index is -0.835. The summed E-state index contributed by atoms with van der Waals surface area (Å²) >= 11 is 0. The number of hydrogen-bond donors (Lipinski definition) is 1. The van der Waals surface area contributed by atoms with Gasteiger partial charge in [0.2, 0.25) is 0 Å². The standard InChI is InChI=1S/C18H21N3O2/c1-2-21-14(8-17(19-21)12-6-7-12)10-20-9-13-4-3-5-15(18(22)23)16(13)11-20/h3-5,8,12H,2,6-7,9-11H2,1H3,(H,22,23). The van der Waals surface area contributed by atoms with Crippen molar-refractivity contribution in [3.05, 3.63) is 52.3 Å². The Morgan fingerprint density at radius 3 is 2.87 bits per heavy atom. The molecule has 0 radical (unpaired) electrons. The first-order valence-corrected chi connectivity index (χ1v) is 8.28. The molecule has 120 valence electrons. The molecular weight excluding hydrogens is 290 g/mol. The first kappa shape index (κ1) is 14.5. The fourth-order valence-electron chi connectivity index (χ4n) is 3.49. The van der Waals surface area contributed by atoms with E-state index in [0.29, 0.717) is 18.0 Å². The number of nitrogens with zero attached hydrogens (tertiary/aromatic N) is 3. The van der Waals surface area contributed by atoms with Gasteiger partial charge in [0.1, 0.15) is 0 Å².